The van der Waals surface area contributed by atoms with Gasteiger partial charge in [0.2, 0.25) is 0 Å². The molecule has 1 heterocycles. The molecule has 0 amide bonds. The fourth-order valence-corrected chi connectivity index (χ4v) is 3.18. The van der Waals surface area contributed by atoms with Crippen molar-refractivity contribution < 1.29 is 9.13 Å². The fourth-order valence-electron chi connectivity index (χ4n) is 1.88. The maximum absolute atomic E-state index is 12.3. The number of hydrogen-bond donors (Lipinski definition) is 1. The van der Waals surface area contributed by atoms with Crippen molar-refractivity contribution in [1.82, 2.24) is 0 Å². The summed E-state index contributed by atoms with van der Waals surface area (Å²) in [5, 5.41) is 13.8. The van der Waals surface area contributed by atoms with E-state index in [1.807, 2.05) is 12.1 Å². The normalized spacial score (nSPS) is 16.3. The van der Waals surface area contributed by atoms with Crippen LogP contribution in [0.2, 0.25) is 0 Å². The van der Waals surface area contributed by atoms with Gasteiger partial charge in [-0.05, 0) is 18.2 Å². The van der Waals surface area contributed by atoms with Crippen LogP contribution in [0.1, 0.15) is 0 Å². The Morgan fingerprint density at radius 2 is 1.78 bits per heavy atom. The molecule has 1 unspecified atom stereocenters. The first kappa shape index (κ1) is 10.9. The van der Waals surface area contributed by atoms with Gasteiger partial charge in [0.25, 0.3) is 5.69 Å². The molecule has 1 N–H and O–H groups in total. The number of fused-ring (bicyclic) bond motifs is 2. The number of hydrogen-bond acceptors (Lipinski definition) is 4. The van der Waals surface area contributed by atoms with Crippen molar-refractivity contribution in [3.63, 3.8) is 0 Å². The molecule has 0 aliphatic carbocycles. The number of rotatable bonds is 1. The van der Waals surface area contributed by atoms with E-state index in [1.54, 1.807) is 18.2 Å². The van der Waals surface area contributed by atoms with Crippen molar-refractivity contribution in [2.24, 2.45) is 0 Å². The molecule has 18 heavy (non-hydrogen) atoms. The molecular formula is C12H8N2O3S. The van der Waals surface area contributed by atoms with E-state index in [0.29, 0.717) is 15.5 Å². The molecule has 0 saturated heterocycles. The summed E-state index contributed by atoms with van der Waals surface area (Å²) in [6.07, 6.45) is 0. The number of para-hydroxylation sites is 1. The van der Waals surface area contributed by atoms with Crippen LogP contribution in [-0.2, 0) is 10.8 Å². The van der Waals surface area contributed by atoms with E-state index in [9.17, 15) is 14.3 Å². The van der Waals surface area contributed by atoms with Crippen LogP contribution in [0.25, 0.3) is 0 Å². The largest absolute Gasteiger partial charge is 0.354 e. The average Bonchev–Trinajstić information content (AvgIpc) is 2.38. The highest BCUT2D eigenvalue weighted by Crippen LogP contribution is 2.38. The molecule has 1 aliphatic heterocycles. The highest BCUT2D eigenvalue weighted by Gasteiger charge is 2.23. The third-order valence-electron chi connectivity index (χ3n) is 2.73. The summed E-state index contributed by atoms with van der Waals surface area (Å²) in [7, 11) is -1.38. The lowest BCUT2D eigenvalue weighted by Crippen LogP contribution is -2.08. The second-order valence-electron chi connectivity index (χ2n) is 3.83. The summed E-state index contributed by atoms with van der Waals surface area (Å²) < 4.78 is 12.3. The summed E-state index contributed by atoms with van der Waals surface area (Å²) >= 11 is 0. The van der Waals surface area contributed by atoms with Crippen molar-refractivity contribution in [3.05, 3.63) is 52.6 Å². The topological polar surface area (TPSA) is 72.2 Å². The minimum atomic E-state index is -1.38. The second-order valence-corrected chi connectivity index (χ2v) is 5.24. The van der Waals surface area contributed by atoms with E-state index in [2.05, 4.69) is 5.32 Å². The minimum Gasteiger partial charge on any atom is -0.354 e. The maximum Gasteiger partial charge on any atom is 0.270 e. The zero-order valence-electron chi connectivity index (χ0n) is 9.12. The Hall–Kier alpha value is -2.21. The Balaban J connectivity index is 2.17. The summed E-state index contributed by atoms with van der Waals surface area (Å²) in [6.45, 7) is 0. The smallest absolute Gasteiger partial charge is 0.270 e. The molecular weight excluding hydrogens is 252 g/mol. The molecule has 1 atom stereocenters. The van der Waals surface area contributed by atoms with Crippen molar-refractivity contribution in [2.75, 3.05) is 5.32 Å². The molecule has 0 aromatic heterocycles. The quantitative estimate of drug-likeness (QED) is 0.539. The van der Waals surface area contributed by atoms with Crippen molar-refractivity contribution in [3.8, 4) is 0 Å². The molecule has 5 nitrogen and oxygen atoms in total. The van der Waals surface area contributed by atoms with Gasteiger partial charge in [-0.2, -0.15) is 0 Å². The number of nitrogens with one attached hydrogen (secondary N) is 1. The molecule has 1 aliphatic rings. The minimum absolute atomic E-state index is 0.0525. The fraction of sp³-hybridized carbons (Fsp3) is 0. The van der Waals surface area contributed by atoms with E-state index < -0.39 is 15.7 Å². The van der Waals surface area contributed by atoms with E-state index in [4.69, 9.17) is 0 Å². The maximum atomic E-state index is 12.3. The van der Waals surface area contributed by atoms with Gasteiger partial charge in [-0.15, -0.1) is 0 Å². The Morgan fingerprint density at radius 1 is 1.06 bits per heavy atom. The average molecular weight is 260 g/mol. The summed E-state index contributed by atoms with van der Waals surface area (Å²) in [5.74, 6) is 0. The number of nitrogens with zero attached hydrogens (tertiary/aromatic N) is 1. The number of non-ortho nitro benzene ring substituents is 1. The van der Waals surface area contributed by atoms with Crippen LogP contribution >= 0.6 is 0 Å². The first-order valence-corrected chi connectivity index (χ1v) is 6.38. The lowest BCUT2D eigenvalue weighted by molar-refractivity contribution is -0.385. The Kier molecular flexibility index (Phi) is 2.38. The van der Waals surface area contributed by atoms with Crippen molar-refractivity contribution >= 4 is 27.9 Å². The number of nitro benzene ring substituents is 1. The van der Waals surface area contributed by atoms with Crippen LogP contribution in [0.15, 0.2) is 52.3 Å². The van der Waals surface area contributed by atoms with Gasteiger partial charge in [-0.25, -0.2) is 4.21 Å². The summed E-state index contributed by atoms with van der Waals surface area (Å²) in [5.41, 5.74) is 1.37. The molecule has 0 saturated carbocycles. The zero-order chi connectivity index (χ0) is 12.7. The van der Waals surface area contributed by atoms with Gasteiger partial charge in [-0.1, -0.05) is 12.1 Å². The van der Waals surface area contributed by atoms with Gasteiger partial charge in [0.05, 0.1) is 36.9 Å². The molecule has 2 aromatic rings. The van der Waals surface area contributed by atoms with E-state index in [-0.39, 0.29) is 5.69 Å². The number of benzene rings is 2. The first-order chi connectivity index (χ1) is 8.66. The summed E-state index contributed by atoms with van der Waals surface area (Å²) in [6, 6.07) is 11.6. The van der Waals surface area contributed by atoms with E-state index >= 15 is 0 Å². The van der Waals surface area contributed by atoms with Crippen LogP contribution in [0.4, 0.5) is 17.1 Å². The lowest BCUT2D eigenvalue weighted by Gasteiger charge is -2.20. The summed E-state index contributed by atoms with van der Waals surface area (Å²) in [4.78, 5) is 11.3. The number of anilines is 2. The second kappa shape index (κ2) is 3.92. The number of nitro groups is 1. The van der Waals surface area contributed by atoms with Gasteiger partial charge >= 0.3 is 0 Å². The molecule has 0 spiro atoms. The molecule has 0 fully saturated rings. The van der Waals surface area contributed by atoms with Crippen LogP contribution in [-0.4, -0.2) is 9.13 Å². The molecule has 3 rings (SSSR count). The van der Waals surface area contributed by atoms with Gasteiger partial charge in [0, 0.05) is 12.1 Å². The predicted molar refractivity (Wildman–Crippen MR) is 67.5 cm³/mol. The third-order valence-corrected chi connectivity index (χ3v) is 4.22. The SMILES string of the molecule is O=[N+]([O-])c1ccc2c(c1)S(=O)c1ccccc1N2. The molecule has 0 radical (unpaired) electrons. The van der Waals surface area contributed by atoms with Gasteiger partial charge in [0.15, 0.2) is 0 Å². The van der Waals surface area contributed by atoms with Crippen LogP contribution in [0.3, 0.4) is 0 Å². The van der Waals surface area contributed by atoms with Crippen LogP contribution < -0.4 is 5.32 Å². The van der Waals surface area contributed by atoms with E-state index in [1.165, 1.54) is 12.1 Å². The monoisotopic (exact) mass is 260 g/mol. The van der Waals surface area contributed by atoms with E-state index in [0.717, 1.165) is 5.69 Å². The van der Waals surface area contributed by atoms with Crippen LogP contribution in [0.5, 0.6) is 0 Å². The lowest BCUT2D eigenvalue weighted by atomic mass is 10.2. The molecule has 90 valence electrons. The highest BCUT2D eigenvalue weighted by molar-refractivity contribution is 7.85. The zero-order valence-corrected chi connectivity index (χ0v) is 9.94. The van der Waals surface area contributed by atoms with Crippen molar-refractivity contribution in [1.29, 1.82) is 0 Å². The van der Waals surface area contributed by atoms with Crippen molar-refractivity contribution in [2.45, 2.75) is 9.79 Å². The predicted octanol–water partition coefficient (Wildman–Crippen LogP) is 2.82. The standard InChI is InChI=1S/C12H8N2O3S/c15-14(16)8-5-6-10-12(7-8)18(17)11-4-2-1-3-9(11)13-10/h1-7,13H. The molecule has 6 heteroatoms. The van der Waals surface area contributed by atoms with Gasteiger partial charge in [0.1, 0.15) is 0 Å². The third kappa shape index (κ3) is 1.58. The van der Waals surface area contributed by atoms with Gasteiger partial charge in [-0.3, -0.25) is 10.1 Å². The first-order valence-electron chi connectivity index (χ1n) is 5.23. The Labute approximate surface area is 105 Å². The molecule has 2 aromatic carbocycles. The Morgan fingerprint density at radius 3 is 2.56 bits per heavy atom. The van der Waals surface area contributed by atoms with Gasteiger partial charge < -0.3 is 5.32 Å². The molecule has 0 bridgehead atoms. The van der Waals surface area contributed by atoms with Crippen LogP contribution in [0, 0.1) is 10.1 Å². The Bertz CT molecular complexity index is 685. The highest BCUT2D eigenvalue weighted by atomic mass is 32.2.